The molecular weight excluding hydrogens is 330 g/mol. The SMILES string of the molecule is COc1ccc(CCNc2ccc(C(=O)N3CCCC3)cn2)cc1OC. The molecule has 0 atom stereocenters. The summed E-state index contributed by atoms with van der Waals surface area (Å²) in [7, 11) is 3.26. The molecule has 1 N–H and O–H groups in total. The number of nitrogens with zero attached hydrogens (tertiary/aromatic N) is 2. The normalized spacial score (nSPS) is 13.5. The number of benzene rings is 1. The van der Waals surface area contributed by atoms with Gasteiger partial charge in [0.2, 0.25) is 0 Å². The minimum atomic E-state index is 0.0758. The van der Waals surface area contributed by atoms with Gasteiger partial charge in [-0.3, -0.25) is 4.79 Å². The number of aromatic nitrogens is 1. The number of hydrogen-bond acceptors (Lipinski definition) is 5. The van der Waals surface area contributed by atoms with Crippen molar-refractivity contribution in [3.8, 4) is 11.5 Å². The molecule has 1 fully saturated rings. The highest BCUT2D eigenvalue weighted by molar-refractivity contribution is 5.94. The van der Waals surface area contributed by atoms with Crippen molar-refractivity contribution in [2.24, 2.45) is 0 Å². The summed E-state index contributed by atoms with van der Waals surface area (Å²) in [5.74, 6) is 2.30. The molecule has 1 aromatic carbocycles. The van der Waals surface area contributed by atoms with Gasteiger partial charge < -0.3 is 19.7 Å². The molecule has 0 unspecified atom stereocenters. The van der Waals surface area contributed by atoms with Gasteiger partial charge in [-0.15, -0.1) is 0 Å². The van der Waals surface area contributed by atoms with Gasteiger partial charge in [0.25, 0.3) is 5.91 Å². The molecule has 1 amide bonds. The number of pyridine rings is 1. The topological polar surface area (TPSA) is 63.7 Å². The molecule has 0 radical (unpaired) electrons. The van der Waals surface area contributed by atoms with E-state index in [0.29, 0.717) is 5.56 Å². The number of methoxy groups -OCH3 is 2. The highest BCUT2D eigenvalue weighted by atomic mass is 16.5. The fourth-order valence-corrected chi connectivity index (χ4v) is 3.10. The number of rotatable bonds is 7. The van der Waals surface area contributed by atoms with Gasteiger partial charge in [-0.2, -0.15) is 0 Å². The van der Waals surface area contributed by atoms with E-state index in [-0.39, 0.29) is 5.91 Å². The van der Waals surface area contributed by atoms with Gasteiger partial charge in [-0.25, -0.2) is 4.98 Å². The fraction of sp³-hybridized carbons (Fsp3) is 0.400. The number of nitrogens with one attached hydrogen (secondary N) is 1. The van der Waals surface area contributed by atoms with Crippen molar-refractivity contribution in [2.45, 2.75) is 19.3 Å². The Balaban J connectivity index is 1.53. The van der Waals surface area contributed by atoms with Crippen LogP contribution in [-0.4, -0.2) is 49.6 Å². The lowest BCUT2D eigenvalue weighted by molar-refractivity contribution is 0.0792. The largest absolute Gasteiger partial charge is 0.493 e. The molecule has 0 saturated carbocycles. The van der Waals surface area contributed by atoms with E-state index in [4.69, 9.17) is 9.47 Å². The number of amides is 1. The van der Waals surface area contributed by atoms with E-state index < -0.39 is 0 Å². The Hall–Kier alpha value is -2.76. The van der Waals surface area contributed by atoms with E-state index in [2.05, 4.69) is 10.3 Å². The van der Waals surface area contributed by atoms with Gasteiger partial charge in [0.1, 0.15) is 5.82 Å². The summed E-state index contributed by atoms with van der Waals surface area (Å²) in [6.45, 7) is 2.44. The summed E-state index contributed by atoms with van der Waals surface area (Å²) in [6, 6.07) is 9.61. The highest BCUT2D eigenvalue weighted by Crippen LogP contribution is 2.27. The Kier molecular flexibility index (Phi) is 5.94. The lowest BCUT2D eigenvalue weighted by atomic mass is 10.1. The maximum Gasteiger partial charge on any atom is 0.255 e. The third kappa shape index (κ3) is 4.25. The number of ether oxygens (including phenoxy) is 2. The molecule has 6 nitrogen and oxygen atoms in total. The van der Waals surface area contributed by atoms with Crippen LogP contribution in [0.25, 0.3) is 0 Å². The Labute approximate surface area is 154 Å². The van der Waals surface area contributed by atoms with Crippen molar-refractivity contribution >= 4 is 11.7 Å². The highest BCUT2D eigenvalue weighted by Gasteiger charge is 2.19. The van der Waals surface area contributed by atoms with Crippen LogP contribution in [0.5, 0.6) is 11.5 Å². The van der Waals surface area contributed by atoms with Crippen molar-refractivity contribution in [1.29, 1.82) is 0 Å². The number of anilines is 1. The number of carbonyl (C=O) groups excluding carboxylic acids is 1. The predicted molar refractivity (Wildman–Crippen MR) is 101 cm³/mol. The van der Waals surface area contributed by atoms with Crippen LogP contribution >= 0.6 is 0 Å². The minimum absolute atomic E-state index is 0.0758. The lowest BCUT2D eigenvalue weighted by Crippen LogP contribution is -2.27. The zero-order valence-electron chi connectivity index (χ0n) is 15.3. The van der Waals surface area contributed by atoms with Crippen LogP contribution in [0.1, 0.15) is 28.8 Å². The number of likely N-dealkylation sites (tertiary alicyclic amines) is 1. The molecule has 0 aliphatic carbocycles. The third-order valence-electron chi connectivity index (χ3n) is 4.57. The van der Waals surface area contributed by atoms with Crippen molar-refractivity contribution in [3.63, 3.8) is 0 Å². The molecule has 0 spiro atoms. The van der Waals surface area contributed by atoms with E-state index in [9.17, 15) is 4.79 Å². The average Bonchev–Trinajstić information content (AvgIpc) is 3.22. The molecule has 0 bridgehead atoms. The van der Waals surface area contributed by atoms with Crippen LogP contribution in [0.15, 0.2) is 36.5 Å². The smallest absolute Gasteiger partial charge is 0.255 e. The van der Waals surface area contributed by atoms with Gasteiger partial charge in [0, 0.05) is 25.8 Å². The summed E-state index contributed by atoms with van der Waals surface area (Å²) in [5, 5.41) is 3.29. The van der Waals surface area contributed by atoms with Crippen LogP contribution in [0.4, 0.5) is 5.82 Å². The van der Waals surface area contributed by atoms with E-state index in [1.807, 2.05) is 35.2 Å². The maximum atomic E-state index is 12.3. The zero-order valence-corrected chi connectivity index (χ0v) is 15.3. The molecule has 138 valence electrons. The molecule has 6 heteroatoms. The van der Waals surface area contributed by atoms with Crippen molar-refractivity contribution in [3.05, 3.63) is 47.7 Å². The minimum Gasteiger partial charge on any atom is -0.493 e. The Morgan fingerprint density at radius 2 is 1.88 bits per heavy atom. The summed E-state index contributed by atoms with van der Waals surface area (Å²) >= 11 is 0. The Morgan fingerprint density at radius 3 is 2.54 bits per heavy atom. The second-order valence-electron chi connectivity index (χ2n) is 6.30. The first-order valence-electron chi connectivity index (χ1n) is 8.91. The van der Waals surface area contributed by atoms with Crippen LogP contribution in [0.2, 0.25) is 0 Å². The van der Waals surface area contributed by atoms with Gasteiger partial charge in [0.15, 0.2) is 11.5 Å². The maximum absolute atomic E-state index is 12.3. The molecule has 26 heavy (non-hydrogen) atoms. The molecule has 2 heterocycles. The van der Waals surface area contributed by atoms with E-state index in [0.717, 1.165) is 61.8 Å². The lowest BCUT2D eigenvalue weighted by Gasteiger charge is -2.15. The standard InChI is InChI=1S/C20H25N3O3/c1-25-17-7-5-15(13-18(17)26-2)9-10-21-19-8-6-16(14-22-19)20(24)23-11-3-4-12-23/h5-8,13-14H,3-4,9-12H2,1-2H3,(H,21,22). The van der Waals surface area contributed by atoms with Crippen molar-refractivity contribution in [2.75, 3.05) is 39.2 Å². The summed E-state index contributed by atoms with van der Waals surface area (Å²) in [5.41, 5.74) is 1.80. The van der Waals surface area contributed by atoms with Gasteiger partial charge in [-0.05, 0) is 49.1 Å². The van der Waals surface area contributed by atoms with Gasteiger partial charge in [-0.1, -0.05) is 6.07 Å². The second-order valence-corrected chi connectivity index (χ2v) is 6.30. The third-order valence-corrected chi connectivity index (χ3v) is 4.57. The second kappa shape index (κ2) is 8.56. The fourth-order valence-electron chi connectivity index (χ4n) is 3.10. The van der Waals surface area contributed by atoms with Gasteiger partial charge >= 0.3 is 0 Å². The summed E-state index contributed by atoms with van der Waals surface area (Å²) in [6.07, 6.45) is 4.67. The summed E-state index contributed by atoms with van der Waals surface area (Å²) in [4.78, 5) is 18.6. The van der Waals surface area contributed by atoms with Crippen LogP contribution < -0.4 is 14.8 Å². The molecule has 1 aliphatic heterocycles. The van der Waals surface area contributed by atoms with Crippen molar-refractivity contribution < 1.29 is 14.3 Å². The summed E-state index contributed by atoms with van der Waals surface area (Å²) < 4.78 is 10.6. The molecule has 3 rings (SSSR count). The van der Waals surface area contributed by atoms with Crippen LogP contribution in [0.3, 0.4) is 0 Å². The molecule has 2 aromatic rings. The van der Waals surface area contributed by atoms with Gasteiger partial charge in [0.05, 0.1) is 19.8 Å². The van der Waals surface area contributed by atoms with E-state index in [1.54, 1.807) is 20.4 Å². The number of hydrogen-bond donors (Lipinski definition) is 1. The average molecular weight is 355 g/mol. The van der Waals surface area contributed by atoms with E-state index >= 15 is 0 Å². The first kappa shape index (κ1) is 18.0. The van der Waals surface area contributed by atoms with Crippen molar-refractivity contribution in [1.82, 2.24) is 9.88 Å². The molecule has 1 saturated heterocycles. The van der Waals surface area contributed by atoms with Crippen LogP contribution in [-0.2, 0) is 6.42 Å². The first-order chi connectivity index (χ1) is 12.7. The van der Waals surface area contributed by atoms with Crippen LogP contribution in [0, 0.1) is 0 Å². The zero-order chi connectivity index (χ0) is 18.4. The number of carbonyl (C=O) groups is 1. The van der Waals surface area contributed by atoms with E-state index in [1.165, 1.54) is 0 Å². The predicted octanol–water partition coefficient (Wildman–Crippen LogP) is 2.99. The Bertz CT molecular complexity index is 740. The Morgan fingerprint density at radius 1 is 1.12 bits per heavy atom. The first-order valence-corrected chi connectivity index (χ1v) is 8.91. The molecular formula is C20H25N3O3. The monoisotopic (exact) mass is 355 g/mol. The molecule has 1 aromatic heterocycles. The molecule has 1 aliphatic rings. The quantitative estimate of drug-likeness (QED) is 0.827.